The van der Waals surface area contributed by atoms with Gasteiger partial charge in [-0.1, -0.05) is 30.0 Å². The summed E-state index contributed by atoms with van der Waals surface area (Å²) < 4.78 is 0.857. The second-order valence-electron chi connectivity index (χ2n) is 5.55. The molecule has 0 spiro atoms. The van der Waals surface area contributed by atoms with Crippen molar-refractivity contribution in [3.05, 3.63) is 40.4 Å². The van der Waals surface area contributed by atoms with Gasteiger partial charge in [-0.05, 0) is 38.8 Å². The Kier molecular flexibility index (Phi) is 6.39. The number of nitrogens with zero attached hydrogens (tertiary/aromatic N) is 1. The summed E-state index contributed by atoms with van der Waals surface area (Å²) in [6.07, 6.45) is 0. The van der Waals surface area contributed by atoms with Crippen LogP contribution in [0.25, 0.3) is 0 Å². The van der Waals surface area contributed by atoms with Gasteiger partial charge in [-0.25, -0.2) is 4.98 Å². The molecule has 0 radical (unpaired) electrons. The molecule has 2 N–H and O–H groups in total. The SMILES string of the molecule is Cc1csc(S[C@@H](C)C(=O)NCC(=O)Nc2c(C)cccc2C)n1. The fraction of sp³-hybridized carbons (Fsp3) is 0.353. The number of carbonyl (C=O) groups is 2. The van der Waals surface area contributed by atoms with E-state index in [1.807, 2.05) is 44.4 Å². The van der Waals surface area contributed by atoms with Crippen LogP contribution in [0, 0.1) is 20.8 Å². The van der Waals surface area contributed by atoms with Crippen molar-refractivity contribution in [3.8, 4) is 0 Å². The van der Waals surface area contributed by atoms with Crippen molar-refractivity contribution < 1.29 is 9.59 Å². The molecule has 1 aromatic heterocycles. The molecule has 0 saturated heterocycles. The molecule has 1 aromatic carbocycles. The highest BCUT2D eigenvalue weighted by atomic mass is 32.2. The number of rotatable bonds is 6. The van der Waals surface area contributed by atoms with Gasteiger partial charge in [0.15, 0.2) is 4.34 Å². The van der Waals surface area contributed by atoms with Crippen molar-refractivity contribution >= 4 is 40.6 Å². The first kappa shape index (κ1) is 18.5. The Balaban J connectivity index is 1.83. The zero-order chi connectivity index (χ0) is 17.7. The van der Waals surface area contributed by atoms with E-state index in [1.165, 1.54) is 23.1 Å². The summed E-state index contributed by atoms with van der Waals surface area (Å²) in [7, 11) is 0. The molecule has 0 unspecified atom stereocenters. The Morgan fingerprint density at radius 2 is 1.92 bits per heavy atom. The van der Waals surface area contributed by atoms with E-state index < -0.39 is 0 Å². The molecule has 7 heteroatoms. The third kappa shape index (κ3) is 5.07. The number of anilines is 1. The van der Waals surface area contributed by atoms with Crippen LogP contribution in [-0.2, 0) is 9.59 Å². The maximum atomic E-state index is 12.1. The Morgan fingerprint density at radius 1 is 1.25 bits per heavy atom. The molecule has 1 heterocycles. The summed E-state index contributed by atoms with van der Waals surface area (Å²) in [6, 6.07) is 5.83. The molecule has 2 amide bonds. The lowest BCUT2D eigenvalue weighted by Crippen LogP contribution is -2.37. The number of aromatic nitrogens is 1. The van der Waals surface area contributed by atoms with Gasteiger partial charge < -0.3 is 10.6 Å². The van der Waals surface area contributed by atoms with Crippen molar-refractivity contribution in [2.75, 3.05) is 11.9 Å². The number of thioether (sulfide) groups is 1. The van der Waals surface area contributed by atoms with Gasteiger partial charge in [0.1, 0.15) is 0 Å². The molecule has 0 fully saturated rings. The second kappa shape index (κ2) is 8.30. The van der Waals surface area contributed by atoms with E-state index in [4.69, 9.17) is 0 Å². The first-order valence-electron chi connectivity index (χ1n) is 7.59. The minimum Gasteiger partial charge on any atom is -0.346 e. The molecule has 2 aromatic rings. The molecular weight excluding hydrogens is 342 g/mol. The summed E-state index contributed by atoms with van der Waals surface area (Å²) >= 11 is 2.91. The van der Waals surface area contributed by atoms with Crippen LogP contribution in [-0.4, -0.2) is 28.6 Å². The van der Waals surface area contributed by atoms with E-state index in [2.05, 4.69) is 15.6 Å². The number of aryl methyl sites for hydroxylation is 3. The fourth-order valence-electron chi connectivity index (χ4n) is 2.10. The van der Waals surface area contributed by atoms with Gasteiger partial charge in [-0.15, -0.1) is 11.3 Å². The Labute approximate surface area is 150 Å². The number of hydrogen-bond donors (Lipinski definition) is 2. The van der Waals surface area contributed by atoms with Crippen LogP contribution in [0.4, 0.5) is 5.69 Å². The Bertz CT molecular complexity index is 723. The minimum absolute atomic E-state index is 0.0472. The van der Waals surface area contributed by atoms with Crippen LogP contribution in [0.3, 0.4) is 0 Å². The quantitative estimate of drug-likeness (QED) is 0.773. The van der Waals surface area contributed by atoms with Crippen LogP contribution >= 0.6 is 23.1 Å². The lowest BCUT2D eigenvalue weighted by atomic mass is 10.1. The standard InChI is InChI=1S/C17H21N3O2S2/c1-10-6-5-7-11(2)15(10)20-14(21)8-18-16(22)13(4)24-17-19-12(3)9-23-17/h5-7,9,13H,8H2,1-4H3,(H,18,22)(H,20,21)/t13-/m0/s1. The summed E-state index contributed by atoms with van der Waals surface area (Å²) in [5.74, 6) is -0.410. The largest absolute Gasteiger partial charge is 0.346 e. The molecule has 128 valence electrons. The molecule has 0 aliphatic carbocycles. The highest BCUT2D eigenvalue weighted by molar-refractivity contribution is 8.02. The number of para-hydroxylation sites is 1. The number of carbonyl (C=O) groups excluding carboxylic acids is 2. The van der Waals surface area contributed by atoms with E-state index in [-0.39, 0.29) is 23.6 Å². The molecule has 0 aliphatic heterocycles. The van der Waals surface area contributed by atoms with Crippen molar-refractivity contribution in [2.24, 2.45) is 0 Å². The summed E-state index contributed by atoms with van der Waals surface area (Å²) in [5, 5.41) is 7.18. The van der Waals surface area contributed by atoms with Crippen LogP contribution in [0.1, 0.15) is 23.7 Å². The van der Waals surface area contributed by atoms with Crippen LogP contribution < -0.4 is 10.6 Å². The number of thiazole rings is 1. The van der Waals surface area contributed by atoms with Crippen LogP contribution in [0.5, 0.6) is 0 Å². The van der Waals surface area contributed by atoms with Gasteiger partial charge in [-0.3, -0.25) is 9.59 Å². The zero-order valence-corrected chi connectivity index (χ0v) is 15.8. The first-order valence-corrected chi connectivity index (χ1v) is 9.35. The summed E-state index contributed by atoms with van der Waals surface area (Å²) in [4.78, 5) is 28.5. The van der Waals surface area contributed by atoms with Crippen molar-refractivity contribution in [3.63, 3.8) is 0 Å². The predicted octanol–water partition coefficient (Wildman–Crippen LogP) is 3.30. The predicted molar refractivity (Wildman–Crippen MR) is 99.7 cm³/mol. The second-order valence-corrected chi connectivity index (χ2v) is 7.99. The van der Waals surface area contributed by atoms with Crippen molar-refractivity contribution in [1.82, 2.24) is 10.3 Å². The summed E-state index contributed by atoms with van der Waals surface area (Å²) in [5.41, 5.74) is 3.75. The third-order valence-electron chi connectivity index (χ3n) is 3.41. The highest BCUT2D eigenvalue weighted by Crippen LogP contribution is 2.26. The molecular formula is C17H21N3O2S2. The van der Waals surface area contributed by atoms with Gasteiger partial charge in [0.2, 0.25) is 11.8 Å². The monoisotopic (exact) mass is 363 g/mol. The highest BCUT2D eigenvalue weighted by Gasteiger charge is 2.17. The van der Waals surface area contributed by atoms with E-state index in [0.29, 0.717) is 0 Å². The molecule has 2 rings (SSSR count). The van der Waals surface area contributed by atoms with E-state index in [1.54, 1.807) is 6.92 Å². The number of benzene rings is 1. The van der Waals surface area contributed by atoms with Crippen molar-refractivity contribution in [2.45, 2.75) is 37.3 Å². The average molecular weight is 364 g/mol. The third-order valence-corrected chi connectivity index (χ3v) is 5.60. The van der Waals surface area contributed by atoms with Gasteiger partial charge >= 0.3 is 0 Å². The normalized spacial score (nSPS) is 11.8. The Hall–Kier alpha value is -1.86. The van der Waals surface area contributed by atoms with Gasteiger partial charge in [0.05, 0.1) is 11.8 Å². The molecule has 0 aliphatic rings. The number of amides is 2. The Morgan fingerprint density at radius 3 is 2.50 bits per heavy atom. The maximum Gasteiger partial charge on any atom is 0.243 e. The molecule has 0 saturated carbocycles. The zero-order valence-electron chi connectivity index (χ0n) is 14.2. The number of nitrogens with one attached hydrogen (secondary N) is 2. The molecule has 1 atom stereocenters. The van der Waals surface area contributed by atoms with Gasteiger partial charge in [0.25, 0.3) is 0 Å². The van der Waals surface area contributed by atoms with Crippen LogP contribution in [0.15, 0.2) is 27.9 Å². The molecule has 0 bridgehead atoms. The topological polar surface area (TPSA) is 71.1 Å². The van der Waals surface area contributed by atoms with E-state index >= 15 is 0 Å². The van der Waals surface area contributed by atoms with Gasteiger partial charge in [-0.2, -0.15) is 0 Å². The first-order chi connectivity index (χ1) is 11.4. The molecule has 5 nitrogen and oxygen atoms in total. The van der Waals surface area contributed by atoms with Gasteiger partial charge in [0, 0.05) is 16.8 Å². The number of hydrogen-bond acceptors (Lipinski definition) is 5. The maximum absolute atomic E-state index is 12.1. The van der Waals surface area contributed by atoms with E-state index in [9.17, 15) is 9.59 Å². The average Bonchev–Trinajstić information content (AvgIpc) is 2.93. The fourth-order valence-corrected chi connectivity index (χ4v) is 4.11. The lowest BCUT2D eigenvalue weighted by Gasteiger charge is -2.13. The van der Waals surface area contributed by atoms with Crippen LogP contribution in [0.2, 0.25) is 0 Å². The smallest absolute Gasteiger partial charge is 0.243 e. The molecule has 24 heavy (non-hydrogen) atoms. The lowest BCUT2D eigenvalue weighted by molar-refractivity contribution is -0.123. The minimum atomic E-state index is -0.302. The summed E-state index contributed by atoms with van der Waals surface area (Å²) in [6.45, 7) is 7.56. The van der Waals surface area contributed by atoms with Crippen molar-refractivity contribution in [1.29, 1.82) is 0 Å². The van der Waals surface area contributed by atoms with E-state index in [0.717, 1.165) is 26.8 Å².